The summed E-state index contributed by atoms with van der Waals surface area (Å²) in [5.74, 6) is 0. The summed E-state index contributed by atoms with van der Waals surface area (Å²) in [6.07, 6.45) is 1.18. The smallest absolute Gasteiger partial charge is 0.407 e. The highest BCUT2D eigenvalue weighted by Crippen LogP contribution is 2.18. The third-order valence-corrected chi connectivity index (χ3v) is 2.89. The number of nitrogens with one attached hydrogen (secondary N) is 1. The van der Waals surface area contributed by atoms with E-state index in [1.807, 2.05) is 45.0 Å². The second-order valence-electron chi connectivity index (χ2n) is 5.76. The number of nitrogens with zero attached hydrogens (tertiary/aromatic N) is 2. The quantitative estimate of drug-likeness (QED) is 0.873. The van der Waals surface area contributed by atoms with Crippen LogP contribution in [0.2, 0.25) is 5.28 Å². The number of hydrogen-bond acceptors (Lipinski definition) is 4. The van der Waals surface area contributed by atoms with Gasteiger partial charge in [-0.2, -0.15) is 0 Å². The monoisotopic (exact) mass is 319 g/mol. The van der Waals surface area contributed by atoms with Crippen molar-refractivity contribution in [3.63, 3.8) is 0 Å². The fraction of sp³-hybridized carbons (Fsp3) is 0.312. The predicted molar refractivity (Wildman–Crippen MR) is 85.6 cm³/mol. The largest absolute Gasteiger partial charge is 0.444 e. The number of hydrogen-bond donors (Lipinski definition) is 1. The molecule has 2 rings (SSSR count). The summed E-state index contributed by atoms with van der Waals surface area (Å²) < 4.78 is 5.18. The summed E-state index contributed by atoms with van der Waals surface area (Å²) in [5, 5.41) is 2.93. The topological polar surface area (TPSA) is 64.1 Å². The lowest BCUT2D eigenvalue weighted by atomic mass is 10.1. The molecule has 0 radical (unpaired) electrons. The van der Waals surface area contributed by atoms with E-state index in [9.17, 15) is 4.79 Å². The molecule has 0 aliphatic rings. The first-order valence-corrected chi connectivity index (χ1v) is 7.26. The molecule has 2 aromatic rings. The molecule has 1 aromatic heterocycles. The Morgan fingerprint density at radius 1 is 1.23 bits per heavy atom. The number of benzene rings is 1. The second-order valence-corrected chi connectivity index (χ2v) is 6.10. The van der Waals surface area contributed by atoms with Crippen molar-refractivity contribution in [2.45, 2.75) is 32.9 Å². The number of ether oxygens (including phenoxy) is 1. The fourth-order valence-electron chi connectivity index (χ4n) is 1.78. The van der Waals surface area contributed by atoms with Crippen molar-refractivity contribution in [1.29, 1.82) is 0 Å². The third-order valence-electron chi connectivity index (χ3n) is 2.71. The molecule has 0 aliphatic carbocycles. The fourth-order valence-corrected chi connectivity index (χ4v) is 1.92. The molecular weight excluding hydrogens is 302 g/mol. The van der Waals surface area contributed by atoms with E-state index in [1.165, 1.54) is 0 Å². The van der Waals surface area contributed by atoms with Gasteiger partial charge in [-0.3, -0.25) is 0 Å². The van der Waals surface area contributed by atoms with Crippen molar-refractivity contribution < 1.29 is 9.53 Å². The maximum Gasteiger partial charge on any atom is 0.407 e. The van der Waals surface area contributed by atoms with Gasteiger partial charge in [0, 0.05) is 18.3 Å². The summed E-state index contributed by atoms with van der Waals surface area (Å²) in [7, 11) is 0. The van der Waals surface area contributed by atoms with Crippen molar-refractivity contribution in [2.24, 2.45) is 0 Å². The van der Waals surface area contributed by atoms with E-state index in [1.54, 1.807) is 12.3 Å². The van der Waals surface area contributed by atoms with Gasteiger partial charge in [0.25, 0.3) is 0 Å². The summed E-state index contributed by atoms with van der Waals surface area (Å²) in [6, 6.07) is 9.47. The Morgan fingerprint density at radius 2 is 1.91 bits per heavy atom. The molecule has 1 heterocycles. The van der Waals surface area contributed by atoms with E-state index < -0.39 is 11.7 Å². The van der Waals surface area contributed by atoms with E-state index in [2.05, 4.69) is 15.3 Å². The molecule has 0 fully saturated rings. The molecule has 1 aromatic carbocycles. The first kappa shape index (κ1) is 16.2. The van der Waals surface area contributed by atoms with Gasteiger partial charge in [-0.05, 0) is 44.0 Å². The number of aromatic nitrogens is 2. The van der Waals surface area contributed by atoms with Crippen LogP contribution in [0.4, 0.5) is 4.79 Å². The lowest BCUT2D eigenvalue weighted by molar-refractivity contribution is 0.0523. The van der Waals surface area contributed by atoms with Gasteiger partial charge in [-0.1, -0.05) is 24.3 Å². The summed E-state index contributed by atoms with van der Waals surface area (Å²) >= 11 is 5.78. The Hall–Kier alpha value is -2.14. The highest BCUT2D eigenvalue weighted by Gasteiger charge is 2.15. The number of carbonyl (C=O) groups is 1. The molecule has 0 atom stereocenters. The van der Waals surface area contributed by atoms with Gasteiger partial charge in [-0.15, -0.1) is 0 Å². The standard InChI is InChI=1S/C16H18ClN3O2/c1-16(2,3)22-15(21)19-10-11-4-6-12(7-5-11)13-8-9-18-14(17)20-13/h4-9H,10H2,1-3H3,(H,19,21). The van der Waals surface area contributed by atoms with E-state index in [4.69, 9.17) is 16.3 Å². The van der Waals surface area contributed by atoms with Gasteiger partial charge in [0.1, 0.15) is 5.60 Å². The van der Waals surface area contributed by atoms with Crippen molar-refractivity contribution in [3.8, 4) is 11.3 Å². The van der Waals surface area contributed by atoms with Crippen LogP contribution >= 0.6 is 11.6 Å². The van der Waals surface area contributed by atoms with Crippen molar-refractivity contribution in [1.82, 2.24) is 15.3 Å². The van der Waals surface area contributed by atoms with Crippen LogP contribution in [0, 0.1) is 0 Å². The number of carbonyl (C=O) groups excluding carboxylic acids is 1. The first-order chi connectivity index (χ1) is 10.3. The summed E-state index contributed by atoms with van der Waals surface area (Å²) in [6.45, 7) is 5.89. The molecule has 116 valence electrons. The Balaban J connectivity index is 1.96. The van der Waals surface area contributed by atoms with Crippen LogP contribution in [-0.2, 0) is 11.3 Å². The van der Waals surface area contributed by atoms with Crippen LogP contribution in [0.3, 0.4) is 0 Å². The van der Waals surface area contributed by atoms with Crippen LogP contribution in [0.15, 0.2) is 36.5 Å². The molecule has 0 saturated carbocycles. The van der Waals surface area contributed by atoms with Gasteiger partial charge in [-0.25, -0.2) is 14.8 Å². The maximum atomic E-state index is 11.6. The van der Waals surface area contributed by atoms with Crippen molar-refractivity contribution >= 4 is 17.7 Å². The van der Waals surface area contributed by atoms with Gasteiger partial charge >= 0.3 is 6.09 Å². The molecule has 1 N–H and O–H groups in total. The number of rotatable bonds is 3. The van der Waals surface area contributed by atoms with Gasteiger partial charge < -0.3 is 10.1 Å². The highest BCUT2D eigenvalue weighted by atomic mass is 35.5. The average Bonchev–Trinajstić information content (AvgIpc) is 2.44. The summed E-state index contributed by atoms with van der Waals surface area (Å²) in [4.78, 5) is 19.6. The van der Waals surface area contributed by atoms with Crippen LogP contribution in [-0.4, -0.2) is 21.7 Å². The van der Waals surface area contributed by atoms with E-state index >= 15 is 0 Å². The number of amides is 1. The molecule has 0 bridgehead atoms. The van der Waals surface area contributed by atoms with Crippen molar-refractivity contribution in [2.75, 3.05) is 0 Å². The Morgan fingerprint density at radius 3 is 2.50 bits per heavy atom. The minimum absolute atomic E-state index is 0.216. The SMILES string of the molecule is CC(C)(C)OC(=O)NCc1ccc(-c2ccnc(Cl)n2)cc1. The number of alkyl carbamates (subject to hydrolysis) is 1. The first-order valence-electron chi connectivity index (χ1n) is 6.88. The molecule has 0 spiro atoms. The molecule has 6 heteroatoms. The van der Waals surface area contributed by atoms with Crippen LogP contribution in [0.5, 0.6) is 0 Å². The average molecular weight is 320 g/mol. The Bertz CT molecular complexity index is 651. The molecule has 5 nitrogen and oxygen atoms in total. The van der Waals surface area contributed by atoms with Gasteiger partial charge in [0.2, 0.25) is 5.28 Å². The zero-order valence-electron chi connectivity index (χ0n) is 12.8. The molecule has 0 unspecified atom stereocenters. The van der Waals surface area contributed by atoms with Gasteiger partial charge in [0.15, 0.2) is 0 Å². The normalized spacial score (nSPS) is 11.1. The van der Waals surface area contributed by atoms with Crippen LogP contribution in [0.25, 0.3) is 11.3 Å². The zero-order valence-corrected chi connectivity index (χ0v) is 13.5. The predicted octanol–water partition coefficient (Wildman–Crippen LogP) is 3.82. The zero-order chi connectivity index (χ0) is 16.2. The Kier molecular flexibility index (Phi) is 4.98. The van der Waals surface area contributed by atoms with Crippen molar-refractivity contribution in [3.05, 3.63) is 47.4 Å². The van der Waals surface area contributed by atoms with E-state index in [0.717, 1.165) is 16.8 Å². The second kappa shape index (κ2) is 6.75. The minimum atomic E-state index is -0.500. The van der Waals surface area contributed by atoms with Crippen LogP contribution in [0.1, 0.15) is 26.3 Å². The van der Waals surface area contributed by atoms with Crippen LogP contribution < -0.4 is 5.32 Å². The highest BCUT2D eigenvalue weighted by molar-refractivity contribution is 6.28. The van der Waals surface area contributed by atoms with E-state index in [-0.39, 0.29) is 5.28 Å². The lowest BCUT2D eigenvalue weighted by Crippen LogP contribution is -2.32. The minimum Gasteiger partial charge on any atom is -0.444 e. The van der Waals surface area contributed by atoms with E-state index in [0.29, 0.717) is 6.54 Å². The third kappa shape index (κ3) is 5.00. The number of halogens is 1. The molecule has 0 aliphatic heterocycles. The molecule has 22 heavy (non-hydrogen) atoms. The van der Waals surface area contributed by atoms with Gasteiger partial charge in [0.05, 0.1) is 5.69 Å². The molecule has 0 saturated heterocycles. The Labute approximate surface area is 134 Å². The maximum absolute atomic E-state index is 11.6. The molecule has 1 amide bonds. The lowest BCUT2D eigenvalue weighted by Gasteiger charge is -2.19. The summed E-state index contributed by atoms with van der Waals surface area (Å²) in [5.41, 5.74) is 2.16. The molecular formula is C16H18ClN3O2.